The summed E-state index contributed by atoms with van der Waals surface area (Å²) in [5, 5.41) is 16.6. The molecule has 0 unspecified atom stereocenters. The van der Waals surface area contributed by atoms with Gasteiger partial charge in [-0.2, -0.15) is 5.10 Å². The molecule has 0 bridgehead atoms. The molecule has 1 amide bonds. The van der Waals surface area contributed by atoms with Crippen molar-refractivity contribution in [3.8, 4) is 17.2 Å². The van der Waals surface area contributed by atoms with E-state index in [2.05, 4.69) is 15.8 Å². The molecule has 0 spiro atoms. The molecule has 7 heteroatoms. The monoisotopic (exact) mass is 357 g/mol. The standard InChI is InChI=1S/C19H23N3O4/c1-4-26-16-8-6-15(7-9-16)21-13(2)19(24)22-20-12-14-5-10-17(23)18(11-14)25-3/h5-13,21,23H,4H2,1-3H3,(H,22,24)/b20-12+/t13-/m1/s1. The van der Waals surface area contributed by atoms with Gasteiger partial charge in [0.05, 0.1) is 19.9 Å². The summed E-state index contributed by atoms with van der Waals surface area (Å²) in [7, 11) is 1.46. The van der Waals surface area contributed by atoms with Gasteiger partial charge in [-0.1, -0.05) is 0 Å². The smallest absolute Gasteiger partial charge is 0.262 e. The van der Waals surface area contributed by atoms with E-state index in [-0.39, 0.29) is 11.7 Å². The summed E-state index contributed by atoms with van der Waals surface area (Å²) in [6, 6.07) is 11.7. The average Bonchev–Trinajstić information content (AvgIpc) is 2.64. The lowest BCUT2D eigenvalue weighted by Gasteiger charge is -2.14. The largest absolute Gasteiger partial charge is 0.504 e. The van der Waals surface area contributed by atoms with Crippen LogP contribution in [0.5, 0.6) is 17.2 Å². The first-order valence-corrected chi connectivity index (χ1v) is 8.22. The zero-order chi connectivity index (χ0) is 18.9. The Morgan fingerprint density at radius 2 is 2.00 bits per heavy atom. The average molecular weight is 357 g/mol. The number of carbonyl (C=O) groups is 1. The number of phenolic OH excluding ortho intramolecular Hbond substituents is 1. The number of hydrogen-bond acceptors (Lipinski definition) is 6. The summed E-state index contributed by atoms with van der Waals surface area (Å²) in [6.45, 7) is 4.27. The molecule has 0 aliphatic heterocycles. The highest BCUT2D eigenvalue weighted by Gasteiger charge is 2.11. The Hall–Kier alpha value is -3.22. The van der Waals surface area contributed by atoms with Crippen molar-refractivity contribution < 1.29 is 19.4 Å². The van der Waals surface area contributed by atoms with Gasteiger partial charge in [0, 0.05) is 5.69 Å². The Kier molecular flexibility index (Phi) is 6.84. The molecule has 0 radical (unpaired) electrons. The Balaban J connectivity index is 1.88. The molecule has 0 aliphatic rings. The SMILES string of the molecule is CCOc1ccc(N[C@H](C)C(=O)N/N=C/c2ccc(O)c(OC)c2)cc1. The number of hydrogen-bond donors (Lipinski definition) is 3. The fourth-order valence-corrected chi connectivity index (χ4v) is 2.17. The number of amides is 1. The number of methoxy groups -OCH3 is 1. The van der Waals surface area contributed by atoms with Crippen LogP contribution in [-0.2, 0) is 4.79 Å². The van der Waals surface area contributed by atoms with Crippen molar-refractivity contribution in [2.24, 2.45) is 5.10 Å². The number of nitrogens with zero attached hydrogens (tertiary/aromatic N) is 1. The zero-order valence-electron chi connectivity index (χ0n) is 15.0. The Bertz CT molecular complexity index is 760. The van der Waals surface area contributed by atoms with Crippen molar-refractivity contribution in [3.63, 3.8) is 0 Å². The number of benzene rings is 2. The van der Waals surface area contributed by atoms with E-state index in [1.54, 1.807) is 19.1 Å². The van der Waals surface area contributed by atoms with Crippen molar-refractivity contribution in [2.75, 3.05) is 19.0 Å². The van der Waals surface area contributed by atoms with E-state index in [0.717, 1.165) is 11.4 Å². The van der Waals surface area contributed by atoms with Gasteiger partial charge in [-0.05, 0) is 61.9 Å². The molecule has 0 saturated heterocycles. The first kappa shape index (κ1) is 19.1. The molecule has 26 heavy (non-hydrogen) atoms. The van der Waals surface area contributed by atoms with Gasteiger partial charge in [0.2, 0.25) is 0 Å². The normalized spacial score (nSPS) is 11.8. The molecule has 0 fully saturated rings. The lowest BCUT2D eigenvalue weighted by molar-refractivity contribution is -0.121. The van der Waals surface area contributed by atoms with E-state index in [1.807, 2.05) is 31.2 Å². The van der Waals surface area contributed by atoms with Gasteiger partial charge in [-0.15, -0.1) is 0 Å². The van der Waals surface area contributed by atoms with Crippen LogP contribution in [0.2, 0.25) is 0 Å². The molecule has 0 saturated carbocycles. The van der Waals surface area contributed by atoms with Gasteiger partial charge in [-0.25, -0.2) is 5.43 Å². The first-order valence-electron chi connectivity index (χ1n) is 8.22. The van der Waals surface area contributed by atoms with Crippen LogP contribution in [0.1, 0.15) is 19.4 Å². The van der Waals surface area contributed by atoms with E-state index in [4.69, 9.17) is 9.47 Å². The van der Waals surface area contributed by atoms with Crippen LogP contribution < -0.4 is 20.2 Å². The van der Waals surface area contributed by atoms with Gasteiger partial charge in [0.1, 0.15) is 11.8 Å². The van der Waals surface area contributed by atoms with Crippen molar-refractivity contribution >= 4 is 17.8 Å². The van der Waals surface area contributed by atoms with Crippen LogP contribution in [0.4, 0.5) is 5.69 Å². The molecule has 2 aromatic carbocycles. The highest BCUT2D eigenvalue weighted by atomic mass is 16.5. The third-order valence-electron chi connectivity index (χ3n) is 3.53. The number of rotatable bonds is 8. The van der Waals surface area contributed by atoms with Gasteiger partial charge in [0.25, 0.3) is 5.91 Å². The van der Waals surface area contributed by atoms with Crippen molar-refractivity contribution in [1.82, 2.24) is 5.43 Å². The fraction of sp³-hybridized carbons (Fsp3) is 0.263. The minimum absolute atomic E-state index is 0.0434. The topological polar surface area (TPSA) is 92.2 Å². The van der Waals surface area contributed by atoms with Gasteiger partial charge in [0.15, 0.2) is 11.5 Å². The molecule has 138 valence electrons. The number of nitrogens with one attached hydrogen (secondary N) is 2. The first-order chi connectivity index (χ1) is 12.5. The van der Waals surface area contributed by atoms with Crippen LogP contribution in [0.15, 0.2) is 47.6 Å². The summed E-state index contributed by atoms with van der Waals surface area (Å²) < 4.78 is 10.4. The minimum Gasteiger partial charge on any atom is -0.504 e. The predicted molar refractivity (Wildman–Crippen MR) is 101 cm³/mol. The molecule has 0 aromatic heterocycles. The number of phenols is 1. The minimum atomic E-state index is -0.473. The van der Waals surface area contributed by atoms with Crippen LogP contribution in [0.25, 0.3) is 0 Å². The third kappa shape index (κ3) is 5.41. The molecule has 3 N–H and O–H groups in total. The van der Waals surface area contributed by atoms with Crippen LogP contribution in [0.3, 0.4) is 0 Å². The van der Waals surface area contributed by atoms with E-state index in [0.29, 0.717) is 17.9 Å². The lowest BCUT2D eigenvalue weighted by atomic mass is 10.2. The maximum Gasteiger partial charge on any atom is 0.262 e. The zero-order valence-corrected chi connectivity index (χ0v) is 15.0. The molecular formula is C19H23N3O4. The number of hydrazone groups is 1. The summed E-state index contributed by atoms with van der Waals surface area (Å²) in [5.41, 5.74) is 3.97. The molecule has 2 aromatic rings. The summed E-state index contributed by atoms with van der Waals surface area (Å²) in [6.07, 6.45) is 1.48. The number of carbonyl (C=O) groups excluding carboxylic acids is 1. The van der Waals surface area contributed by atoms with Crippen LogP contribution in [-0.4, -0.2) is 37.0 Å². The molecular weight excluding hydrogens is 334 g/mol. The Labute approximate surface area is 152 Å². The number of anilines is 1. The van der Waals surface area contributed by atoms with Crippen LogP contribution in [0, 0.1) is 0 Å². The van der Waals surface area contributed by atoms with Gasteiger partial charge >= 0.3 is 0 Å². The third-order valence-corrected chi connectivity index (χ3v) is 3.53. The Morgan fingerprint density at radius 1 is 1.27 bits per heavy atom. The second-order valence-corrected chi connectivity index (χ2v) is 5.49. The van der Waals surface area contributed by atoms with E-state index in [9.17, 15) is 9.90 Å². The molecule has 2 rings (SSSR count). The highest BCUT2D eigenvalue weighted by molar-refractivity contribution is 5.86. The molecule has 1 atom stereocenters. The van der Waals surface area contributed by atoms with Crippen molar-refractivity contribution in [3.05, 3.63) is 48.0 Å². The highest BCUT2D eigenvalue weighted by Crippen LogP contribution is 2.25. The van der Waals surface area contributed by atoms with Crippen molar-refractivity contribution in [1.29, 1.82) is 0 Å². The lowest BCUT2D eigenvalue weighted by Crippen LogP contribution is -2.34. The number of aromatic hydroxyl groups is 1. The Morgan fingerprint density at radius 3 is 2.65 bits per heavy atom. The summed E-state index contributed by atoms with van der Waals surface area (Å²) in [5.74, 6) is 0.887. The summed E-state index contributed by atoms with van der Waals surface area (Å²) >= 11 is 0. The molecule has 0 heterocycles. The quantitative estimate of drug-likeness (QED) is 0.499. The van der Waals surface area contributed by atoms with Gasteiger partial charge < -0.3 is 19.9 Å². The summed E-state index contributed by atoms with van der Waals surface area (Å²) in [4.78, 5) is 12.1. The second-order valence-electron chi connectivity index (χ2n) is 5.49. The van der Waals surface area contributed by atoms with Crippen molar-refractivity contribution in [2.45, 2.75) is 19.9 Å². The maximum absolute atomic E-state index is 12.1. The molecule has 7 nitrogen and oxygen atoms in total. The molecule has 0 aliphatic carbocycles. The van der Waals surface area contributed by atoms with Gasteiger partial charge in [-0.3, -0.25) is 4.79 Å². The predicted octanol–water partition coefficient (Wildman–Crippen LogP) is 2.75. The number of ether oxygens (including phenoxy) is 2. The maximum atomic E-state index is 12.1. The second kappa shape index (κ2) is 9.31. The van der Waals surface area contributed by atoms with E-state index >= 15 is 0 Å². The fourth-order valence-electron chi connectivity index (χ4n) is 2.17. The van der Waals surface area contributed by atoms with E-state index in [1.165, 1.54) is 19.4 Å². The van der Waals surface area contributed by atoms with Crippen LogP contribution >= 0.6 is 0 Å². The van der Waals surface area contributed by atoms with E-state index < -0.39 is 6.04 Å².